The number of ether oxygens (including phenoxy) is 1. The van der Waals surface area contributed by atoms with Crippen LogP contribution >= 0.6 is 0 Å². The van der Waals surface area contributed by atoms with Crippen LogP contribution in [0.5, 0.6) is 0 Å². The summed E-state index contributed by atoms with van der Waals surface area (Å²) in [7, 11) is 1.60. The summed E-state index contributed by atoms with van der Waals surface area (Å²) in [6.45, 7) is 3.07. The summed E-state index contributed by atoms with van der Waals surface area (Å²) in [6.07, 6.45) is 5.20. The highest BCUT2D eigenvalue weighted by molar-refractivity contribution is 5.97. The molecular weight excluding hydrogens is 318 g/mol. The molecule has 0 fully saturated rings. The van der Waals surface area contributed by atoms with Crippen LogP contribution < -0.4 is 10.9 Å². The Labute approximate surface area is 147 Å². The number of benzene rings is 1. The summed E-state index contributed by atoms with van der Waals surface area (Å²) in [4.78, 5) is 29.9. The Morgan fingerprint density at radius 3 is 2.92 bits per heavy atom. The third-order valence-corrected chi connectivity index (χ3v) is 4.62. The van der Waals surface area contributed by atoms with Gasteiger partial charge in [0.05, 0.1) is 17.5 Å². The highest BCUT2D eigenvalue weighted by Crippen LogP contribution is 2.16. The van der Waals surface area contributed by atoms with E-state index in [1.54, 1.807) is 25.3 Å². The van der Waals surface area contributed by atoms with Crippen molar-refractivity contribution in [3.8, 4) is 0 Å². The highest BCUT2D eigenvalue weighted by Gasteiger charge is 2.15. The lowest BCUT2D eigenvalue weighted by Crippen LogP contribution is -2.35. The van der Waals surface area contributed by atoms with E-state index in [9.17, 15) is 9.59 Å². The van der Waals surface area contributed by atoms with Gasteiger partial charge in [0.15, 0.2) is 0 Å². The van der Waals surface area contributed by atoms with E-state index in [0.29, 0.717) is 23.1 Å². The highest BCUT2D eigenvalue weighted by atomic mass is 16.5. The maximum absolute atomic E-state index is 12.8. The molecule has 0 radical (unpaired) electrons. The number of methoxy groups -OCH3 is 1. The molecule has 6 heteroatoms. The molecule has 1 N–H and O–H groups in total. The minimum Gasteiger partial charge on any atom is -0.383 e. The Balaban J connectivity index is 1.96. The first kappa shape index (κ1) is 17.6. The van der Waals surface area contributed by atoms with E-state index in [1.807, 2.05) is 11.5 Å². The third kappa shape index (κ3) is 3.90. The van der Waals surface area contributed by atoms with E-state index in [0.717, 1.165) is 38.1 Å². The van der Waals surface area contributed by atoms with Crippen molar-refractivity contribution in [3.05, 3.63) is 39.9 Å². The number of carbonyl (C=O) groups excluding carboxylic acids is 1. The lowest BCUT2D eigenvalue weighted by atomic mass is 10.1. The molecule has 0 aliphatic carbocycles. The SMILES string of the molecule is COC[C@@H](C)NC(=O)c1ccc2c(=O)n3c(nc2c1)CCCCCC3. The first-order valence-corrected chi connectivity index (χ1v) is 8.93. The second-order valence-corrected chi connectivity index (χ2v) is 6.71. The molecule has 25 heavy (non-hydrogen) atoms. The number of fused-ring (bicyclic) bond motifs is 2. The van der Waals surface area contributed by atoms with Gasteiger partial charge in [-0.2, -0.15) is 0 Å². The van der Waals surface area contributed by atoms with Crippen molar-refractivity contribution in [1.82, 2.24) is 14.9 Å². The average molecular weight is 343 g/mol. The van der Waals surface area contributed by atoms with Crippen LogP contribution in [0.25, 0.3) is 10.9 Å². The molecule has 0 saturated carbocycles. The monoisotopic (exact) mass is 343 g/mol. The lowest BCUT2D eigenvalue weighted by molar-refractivity contribution is 0.0905. The van der Waals surface area contributed by atoms with E-state index >= 15 is 0 Å². The zero-order valence-corrected chi connectivity index (χ0v) is 14.9. The summed E-state index contributed by atoms with van der Waals surface area (Å²) in [5.74, 6) is 0.655. The Kier molecular flexibility index (Phi) is 5.48. The molecule has 1 atom stereocenters. The van der Waals surface area contributed by atoms with Crippen LogP contribution in [0.2, 0.25) is 0 Å². The number of hydrogen-bond acceptors (Lipinski definition) is 4. The van der Waals surface area contributed by atoms with Gasteiger partial charge >= 0.3 is 0 Å². The van der Waals surface area contributed by atoms with Crippen LogP contribution in [-0.4, -0.2) is 35.2 Å². The fraction of sp³-hybridized carbons (Fsp3) is 0.526. The van der Waals surface area contributed by atoms with E-state index in [1.165, 1.54) is 6.42 Å². The van der Waals surface area contributed by atoms with Gasteiger partial charge in [-0.25, -0.2) is 4.98 Å². The second kappa shape index (κ2) is 7.78. The maximum atomic E-state index is 12.8. The van der Waals surface area contributed by atoms with Gasteiger partial charge in [-0.05, 0) is 38.0 Å². The molecule has 0 spiro atoms. The van der Waals surface area contributed by atoms with Crippen molar-refractivity contribution in [2.45, 2.75) is 51.6 Å². The third-order valence-electron chi connectivity index (χ3n) is 4.62. The number of amides is 1. The fourth-order valence-electron chi connectivity index (χ4n) is 3.34. The van der Waals surface area contributed by atoms with Gasteiger partial charge in [-0.1, -0.05) is 12.8 Å². The Hall–Kier alpha value is -2.21. The quantitative estimate of drug-likeness (QED) is 0.924. The number of nitrogens with one attached hydrogen (secondary N) is 1. The van der Waals surface area contributed by atoms with Crippen molar-refractivity contribution in [3.63, 3.8) is 0 Å². The molecular formula is C19H25N3O3. The molecule has 1 aromatic carbocycles. The van der Waals surface area contributed by atoms with Crippen LogP contribution in [0.4, 0.5) is 0 Å². The van der Waals surface area contributed by atoms with Gasteiger partial charge < -0.3 is 10.1 Å². The standard InChI is InChI=1S/C19H25N3O3/c1-13(12-25-2)20-18(23)14-8-9-15-16(11-14)21-17-7-5-3-4-6-10-22(17)19(15)24/h8-9,11,13H,3-7,10,12H2,1-2H3,(H,20,23)/t13-/m1/s1. The van der Waals surface area contributed by atoms with Crippen LogP contribution in [0.3, 0.4) is 0 Å². The van der Waals surface area contributed by atoms with Crippen LogP contribution in [0.15, 0.2) is 23.0 Å². The van der Waals surface area contributed by atoms with Gasteiger partial charge in [-0.3, -0.25) is 14.2 Å². The fourth-order valence-corrected chi connectivity index (χ4v) is 3.34. The summed E-state index contributed by atoms with van der Waals surface area (Å²) < 4.78 is 6.85. The predicted molar refractivity (Wildman–Crippen MR) is 97.0 cm³/mol. The molecule has 2 aromatic rings. The smallest absolute Gasteiger partial charge is 0.261 e. The van der Waals surface area contributed by atoms with E-state index in [2.05, 4.69) is 5.32 Å². The number of rotatable bonds is 4. The minimum absolute atomic E-state index is 0.00149. The molecule has 6 nitrogen and oxygen atoms in total. The topological polar surface area (TPSA) is 73.2 Å². The van der Waals surface area contributed by atoms with Crippen LogP contribution in [-0.2, 0) is 17.7 Å². The van der Waals surface area contributed by atoms with E-state index in [-0.39, 0.29) is 17.5 Å². The van der Waals surface area contributed by atoms with Crippen molar-refractivity contribution in [2.75, 3.05) is 13.7 Å². The number of nitrogens with zero attached hydrogens (tertiary/aromatic N) is 2. The molecule has 0 saturated heterocycles. The summed E-state index contributed by atoms with van der Waals surface area (Å²) in [5.41, 5.74) is 1.11. The van der Waals surface area contributed by atoms with Gasteiger partial charge in [0.2, 0.25) is 0 Å². The van der Waals surface area contributed by atoms with Crippen molar-refractivity contribution in [1.29, 1.82) is 0 Å². The number of aryl methyl sites for hydroxylation is 1. The van der Waals surface area contributed by atoms with Crippen molar-refractivity contribution < 1.29 is 9.53 Å². The van der Waals surface area contributed by atoms with Gasteiger partial charge in [0, 0.05) is 31.7 Å². The molecule has 1 amide bonds. The minimum atomic E-state index is -0.180. The first-order valence-electron chi connectivity index (χ1n) is 8.93. The number of aromatic nitrogens is 2. The summed E-state index contributed by atoms with van der Waals surface area (Å²) in [6, 6.07) is 5.04. The largest absolute Gasteiger partial charge is 0.383 e. The van der Waals surface area contributed by atoms with E-state index < -0.39 is 0 Å². The molecule has 134 valence electrons. The molecule has 2 heterocycles. The number of hydrogen-bond donors (Lipinski definition) is 1. The van der Waals surface area contributed by atoms with Crippen LogP contribution in [0, 0.1) is 0 Å². The summed E-state index contributed by atoms with van der Waals surface area (Å²) >= 11 is 0. The Morgan fingerprint density at radius 1 is 1.32 bits per heavy atom. The Bertz CT molecular complexity index is 829. The zero-order valence-electron chi connectivity index (χ0n) is 14.9. The maximum Gasteiger partial charge on any atom is 0.261 e. The van der Waals surface area contributed by atoms with Gasteiger partial charge in [-0.15, -0.1) is 0 Å². The first-order chi connectivity index (χ1) is 12.1. The van der Waals surface area contributed by atoms with Gasteiger partial charge in [0.1, 0.15) is 5.82 Å². The van der Waals surface area contributed by atoms with E-state index in [4.69, 9.17) is 9.72 Å². The zero-order chi connectivity index (χ0) is 17.8. The van der Waals surface area contributed by atoms with Crippen LogP contribution in [0.1, 0.15) is 48.8 Å². The van der Waals surface area contributed by atoms with Crippen molar-refractivity contribution >= 4 is 16.8 Å². The molecule has 1 aliphatic rings. The Morgan fingerprint density at radius 2 is 2.12 bits per heavy atom. The molecule has 0 bridgehead atoms. The lowest BCUT2D eigenvalue weighted by Gasteiger charge is -2.17. The normalized spacial score (nSPS) is 15.9. The molecule has 1 aliphatic heterocycles. The molecule has 3 rings (SSSR count). The van der Waals surface area contributed by atoms with Gasteiger partial charge in [0.25, 0.3) is 11.5 Å². The summed E-state index contributed by atoms with van der Waals surface area (Å²) in [5, 5.41) is 3.46. The van der Waals surface area contributed by atoms with Crippen molar-refractivity contribution in [2.24, 2.45) is 0 Å². The number of carbonyl (C=O) groups is 1. The molecule has 0 unspecified atom stereocenters. The molecule has 1 aromatic heterocycles. The second-order valence-electron chi connectivity index (χ2n) is 6.71. The predicted octanol–water partition coefficient (Wildman–Crippen LogP) is 2.28. The average Bonchev–Trinajstić information content (AvgIpc) is 2.56.